The summed E-state index contributed by atoms with van der Waals surface area (Å²) >= 11 is 3.34. The van der Waals surface area contributed by atoms with Gasteiger partial charge in [-0.1, -0.05) is 17.3 Å². The molecule has 6 heteroatoms. The van der Waals surface area contributed by atoms with Crippen molar-refractivity contribution < 1.29 is 15.1 Å². The highest BCUT2D eigenvalue weighted by Crippen LogP contribution is 2.27. The number of oxime groups is 1. The van der Waals surface area contributed by atoms with Gasteiger partial charge < -0.3 is 20.8 Å². The van der Waals surface area contributed by atoms with Crippen LogP contribution in [0.15, 0.2) is 52.1 Å². The van der Waals surface area contributed by atoms with E-state index in [0.29, 0.717) is 21.5 Å². The van der Waals surface area contributed by atoms with Gasteiger partial charge in [0.05, 0.1) is 6.61 Å². The maximum absolute atomic E-state index is 9.08. The number of rotatable bonds is 4. The van der Waals surface area contributed by atoms with Gasteiger partial charge in [0.25, 0.3) is 0 Å². The summed E-state index contributed by atoms with van der Waals surface area (Å²) in [6.45, 7) is -0.0384. The Balaban J connectivity index is 2.24. The van der Waals surface area contributed by atoms with Crippen molar-refractivity contribution in [1.29, 1.82) is 0 Å². The third-order valence-electron chi connectivity index (χ3n) is 2.64. The topological polar surface area (TPSA) is 88.1 Å². The second kappa shape index (κ2) is 6.40. The van der Waals surface area contributed by atoms with Gasteiger partial charge in [-0.3, -0.25) is 0 Å². The van der Waals surface area contributed by atoms with Crippen LogP contribution in [0.3, 0.4) is 0 Å². The van der Waals surface area contributed by atoms with E-state index in [1.807, 2.05) is 6.07 Å². The average molecular weight is 337 g/mol. The molecule has 20 heavy (non-hydrogen) atoms. The van der Waals surface area contributed by atoms with E-state index in [1.54, 1.807) is 36.4 Å². The van der Waals surface area contributed by atoms with Crippen molar-refractivity contribution in [3.63, 3.8) is 0 Å². The van der Waals surface area contributed by atoms with Gasteiger partial charge in [0.1, 0.15) is 11.5 Å². The minimum Gasteiger partial charge on any atom is -0.457 e. The molecule has 0 bridgehead atoms. The van der Waals surface area contributed by atoms with Crippen LogP contribution in [0.25, 0.3) is 0 Å². The Labute approximate surface area is 124 Å². The normalized spacial score (nSPS) is 11.4. The number of ether oxygens (including phenoxy) is 1. The van der Waals surface area contributed by atoms with Crippen molar-refractivity contribution in [2.24, 2.45) is 10.9 Å². The van der Waals surface area contributed by atoms with Crippen molar-refractivity contribution in [2.75, 3.05) is 0 Å². The molecule has 0 aliphatic carbocycles. The molecule has 0 aliphatic rings. The fourth-order valence-electron chi connectivity index (χ4n) is 1.66. The number of aliphatic hydroxyl groups is 1. The molecule has 5 nitrogen and oxygen atoms in total. The number of amidine groups is 1. The molecular weight excluding hydrogens is 324 g/mol. The lowest BCUT2D eigenvalue weighted by Gasteiger charge is -2.09. The lowest BCUT2D eigenvalue weighted by atomic mass is 10.2. The Morgan fingerprint density at radius 3 is 2.60 bits per heavy atom. The Morgan fingerprint density at radius 2 is 1.95 bits per heavy atom. The van der Waals surface area contributed by atoms with Crippen LogP contribution in [-0.2, 0) is 6.61 Å². The largest absolute Gasteiger partial charge is 0.457 e. The quantitative estimate of drug-likeness (QED) is 0.346. The standard InChI is InChI=1S/C14H13BrN2O3/c15-13-7-11(4-5-12(13)14(16)17-19)20-10-3-1-2-9(6-10)8-18/h1-7,18-19H,8H2,(H2,16,17). The van der Waals surface area contributed by atoms with Crippen LogP contribution >= 0.6 is 15.9 Å². The summed E-state index contributed by atoms with van der Waals surface area (Å²) in [4.78, 5) is 0. The molecule has 0 unspecified atom stereocenters. The summed E-state index contributed by atoms with van der Waals surface area (Å²) < 4.78 is 6.34. The van der Waals surface area contributed by atoms with E-state index in [4.69, 9.17) is 20.8 Å². The minimum absolute atomic E-state index is 0.0192. The fourth-order valence-corrected chi connectivity index (χ4v) is 2.23. The van der Waals surface area contributed by atoms with E-state index in [9.17, 15) is 0 Å². The van der Waals surface area contributed by atoms with E-state index < -0.39 is 0 Å². The molecule has 2 aromatic rings. The van der Waals surface area contributed by atoms with Crippen LogP contribution in [0.5, 0.6) is 11.5 Å². The highest BCUT2D eigenvalue weighted by atomic mass is 79.9. The van der Waals surface area contributed by atoms with Crippen molar-refractivity contribution in [3.8, 4) is 11.5 Å². The van der Waals surface area contributed by atoms with Crippen molar-refractivity contribution in [3.05, 3.63) is 58.1 Å². The van der Waals surface area contributed by atoms with Crippen LogP contribution in [-0.4, -0.2) is 16.1 Å². The van der Waals surface area contributed by atoms with Gasteiger partial charge in [0.15, 0.2) is 5.84 Å². The second-order valence-electron chi connectivity index (χ2n) is 4.03. The number of nitrogens with zero attached hydrogens (tertiary/aromatic N) is 1. The molecule has 2 rings (SSSR count). The molecule has 0 amide bonds. The highest BCUT2D eigenvalue weighted by molar-refractivity contribution is 9.10. The molecule has 0 spiro atoms. The molecule has 0 radical (unpaired) electrons. The van der Waals surface area contributed by atoms with Gasteiger partial charge in [-0.25, -0.2) is 0 Å². The number of hydrogen-bond donors (Lipinski definition) is 3. The van der Waals surface area contributed by atoms with E-state index in [-0.39, 0.29) is 12.4 Å². The summed E-state index contributed by atoms with van der Waals surface area (Å²) in [6, 6.07) is 12.3. The Bertz CT molecular complexity index is 644. The molecule has 2 aromatic carbocycles. The summed E-state index contributed by atoms with van der Waals surface area (Å²) in [7, 11) is 0. The molecule has 0 aliphatic heterocycles. The SMILES string of the molecule is N/C(=N/O)c1ccc(Oc2cccc(CO)c2)cc1Br. The van der Waals surface area contributed by atoms with Gasteiger partial charge in [-0.15, -0.1) is 0 Å². The highest BCUT2D eigenvalue weighted by Gasteiger charge is 2.07. The van der Waals surface area contributed by atoms with Crippen LogP contribution in [0.1, 0.15) is 11.1 Å². The molecule has 0 atom stereocenters. The van der Waals surface area contributed by atoms with Gasteiger partial charge in [0, 0.05) is 10.0 Å². The predicted octanol–water partition coefficient (Wildman–Crippen LogP) is 2.83. The van der Waals surface area contributed by atoms with Crippen molar-refractivity contribution in [2.45, 2.75) is 6.61 Å². The molecule has 0 aromatic heterocycles. The first kappa shape index (κ1) is 14.4. The number of nitrogens with two attached hydrogens (primary N) is 1. The maximum atomic E-state index is 9.08. The predicted molar refractivity (Wildman–Crippen MR) is 79.1 cm³/mol. The van der Waals surface area contributed by atoms with Crippen LogP contribution in [0.2, 0.25) is 0 Å². The van der Waals surface area contributed by atoms with E-state index in [0.717, 1.165) is 5.56 Å². The first-order valence-corrected chi connectivity index (χ1v) is 6.58. The van der Waals surface area contributed by atoms with Crippen LogP contribution < -0.4 is 10.5 Å². The summed E-state index contributed by atoms with van der Waals surface area (Å²) in [5, 5.41) is 20.7. The zero-order valence-electron chi connectivity index (χ0n) is 10.5. The Morgan fingerprint density at radius 1 is 1.20 bits per heavy atom. The number of hydrogen-bond acceptors (Lipinski definition) is 4. The molecule has 4 N–H and O–H groups in total. The lowest BCUT2D eigenvalue weighted by Crippen LogP contribution is -2.13. The van der Waals surface area contributed by atoms with Crippen molar-refractivity contribution in [1.82, 2.24) is 0 Å². The van der Waals surface area contributed by atoms with Gasteiger partial charge >= 0.3 is 0 Å². The monoisotopic (exact) mass is 336 g/mol. The molecule has 0 heterocycles. The van der Waals surface area contributed by atoms with Crippen LogP contribution in [0, 0.1) is 0 Å². The van der Waals surface area contributed by atoms with E-state index >= 15 is 0 Å². The zero-order valence-corrected chi connectivity index (χ0v) is 12.0. The Hall–Kier alpha value is -2.05. The summed E-state index contributed by atoms with van der Waals surface area (Å²) in [5.74, 6) is 1.24. The maximum Gasteiger partial charge on any atom is 0.171 e. The lowest BCUT2D eigenvalue weighted by molar-refractivity contribution is 0.281. The third-order valence-corrected chi connectivity index (χ3v) is 3.30. The van der Waals surface area contributed by atoms with E-state index in [2.05, 4.69) is 21.1 Å². The number of benzene rings is 2. The first-order valence-electron chi connectivity index (χ1n) is 5.79. The van der Waals surface area contributed by atoms with Gasteiger partial charge in [-0.2, -0.15) is 0 Å². The van der Waals surface area contributed by atoms with Crippen molar-refractivity contribution >= 4 is 21.8 Å². The van der Waals surface area contributed by atoms with E-state index in [1.165, 1.54) is 0 Å². The zero-order chi connectivity index (χ0) is 14.5. The second-order valence-corrected chi connectivity index (χ2v) is 4.89. The minimum atomic E-state index is -0.0384. The Kier molecular flexibility index (Phi) is 4.60. The summed E-state index contributed by atoms with van der Waals surface area (Å²) in [6.07, 6.45) is 0. The molecular formula is C14H13BrN2O3. The molecule has 104 valence electrons. The molecule has 0 fully saturated rings. The number of aliphatic hydroxyl groups excluding tert-OH is 1. The van der Waals surface area contributed by atoms with Gasteiger partial charge in [-0.05, 0) is 51.8 Å². The molecule has 0 saturated heterocycles. The van der Waals surface area contributed by atoms with Gasteiger partial charge in [0.2, 0.25) is 0 Å². The first-order chi connectivity index (χ1) is 9.63. The fraction of sp³-hybridized carbons (Fsp3) is 0.0714. The number of halogens is 1. The van der Waals surface area contributed by atoms with Crippen LogP contribution in [0.4, 0.5) is 0 Å². The summed E-state index contributed by atoms with van der Waals surface area (Å²) in [5.41, 5.74) is 6.88. The smallest absolute Gasteiger partial charge is 0.171 e. The molecule has 0 saturated carbocycles. The third kappa shape index (κ3) is 3.28. The average Bonchev–Trinajstić information content (AvgIpc) is 2.47.